The number of hydrogen-bond acceptors (Lipinski definition) is 4. The van der Waals surface area contributed by atoms with Gasteiger partial charge in [-0.2, -0.15) is 4.57 Å². The summed E-state index contributed by atoms with van der Waals surface area (Å²) < 4.78 is 36.4. The molecule has 1 atom stereocenters. The average Bonchev–Trinajstić information content (AvgIpc) is 2.61. The maximum absolute atomic E-state index is 8.49. The van der Waals surface area contributed by atoms with Crippen LogP contribution >= 0.6 is 0 Å². The third-order valence-corrected chi connectivity index (χ3v) is 4.39. The standard InChI is InChI=1S/C20H18N.ClHO4/c1-2-8-16(9-3-1)14-19-18-11-5-4-10-17(18)15-21-13-7-6-12-20(19)21;2-1(3,4)5/h1-13,19H,14-15H2;(H,2,3,4,5)/q+1;/p-1. The highest BCUT2D eigenvalue weighted by atomic mass is 35.7. The third-order valence-electron chi connectivity index (χ3n) is 4.39. The minimum atomic E-state index is -4.94. The van der Waals surface area contributed by atoms with Crippen molar-refractivity contribution in [2.45, 2.75) is 18.9 Å². The van der Waals surface area contributed by atoms with Gasteiger partial charge in [-0.05, 0) is 17.5 Å². The number of pyridine rings is 1. The van der Waals surface area contributed by atoms with Gasteiger partial charge in [0.15, 0.2) is 18.4 Å². The monoisotopic (exact) mass is 371 g/mol. The zero-order valence-electron chi connectivity index (χ0n) is 14.0. The predicted molar refractivity (Wildman–Crippen MR) is 84.2 cm³/mol. The van der Waals surface area contributed by atoms with Gasteiger partial charge >= 0.3 is 0 Å². The molecule has 1 aliphatic heterocycles. The lowest BCUT2D eigenvalue weighted by Crippen LogP contribution is -2.68. The van der Waals surface area contributed by atoms with Crippen LogP contribution in [0.3, 0.4) is 0 Å². The van der Waals surface area contributed by atoms with Crippen LogP contribution < -0.4 is 23.2 Å². The van der Waals surface area contributed by atoms with Gasteiger partial charge in [0.05, 0.1) is 5.92 Å². The van der Waals surface area contributed by atoms with Crippen molar-refractivity contribution in [2.75, 3.05) is 0 Å². The van der Waals surface area contributed by atoms with Crippen LogP contribution in [0, 0.1) is 10.2 Å². The molecule has 0 aliphatic carbocycles. The first-order valence-electron chi connectivity index (χ1n) is 8.13. The van der Waals surface area contributed by atoms with E-state index in [0.717, 1.165) is 13.0 Å². The summed E-state index contributed by atoms with van der Waals surface area (Å²) in [5, 5.41) is 0. The van der Waals surface area contributed by atoms with E-state index < -0.39 is 10.2 Å². The Bertz CT molecular complexity index is 813. The number of nitrogens with zero attached hydrogens (tertiary/aromatic N) is 1. The van der Waals surface area contributed by atoms with Gasteiger partial charge in [-0.3, -0.25) is 0 Å². The molecule has 6 heteroatoms. The second kappa shape index (κ2) is 7.95. The Morgan fingerprint density at radius 3 is 2.15 bits per heavy atom. The molecule has 1 aromatic heterocycles. The number of aromatic nitrogens is 1. The largest absolute Gasteiger partial charge is 0.222 e. The van der Waals surface area contributed by atoms with E-state index in [4.69, 9.17) is 18.6 Å². The summed E-state index contributed by atoms with van der Waals surface area (Å²) in [7, 11) is -4.94. The fourth-order valence-corrected chi connectivity index (χ4v) is 3.38. The number of rotatable bonds is 2. The van der Waals surface area contributed by atoms with Crippen molar-refractivity contribution in [1.82, 2.24) is 0 Å². The summed E-state index contributed by atoms with van der Waals surface area (Å²) in [6, 6.07) is 26.2. The molecular formula is C20H18ClNO4. The van der Waals surface area contributed by atoms with Gasteiger partial charge in [0.1, 0.15) is 0 Å². The maximum Gasteiger partial charge on any atom is 0.189 e. The minimum Gasteiger partial charge on any atom is -0.222 e. The smallest absolute Gasteiger partial charge is 0.189 e. The number of benzene rings is 2. The molecule has 2 aromatic carbocycles. The van der Waals surface area contributed by atoms with Crippen LogP contribution in [0.5, 0.6) is 0 Å². The average molecular weight is 372 g/mol. The van der Waals surface area contributed by atoms with Crippen LogP contribution in [0.1, 0.15) is 28.3 Å². The second-order valence-electron chi connectivity index (χ2n) is 6.07. The van der Waals surface area contributed by atoms with Crippen LogP contribution in [0.15, 0.2) is 79.0 Å². The third kappa shape index (κ3) is 4.88. The maximum atomic E-state index is 8.49. The van der Waals surface area contributed by atoms with E-state index in [1.54, 1.807) is 0 Å². The molecule has 134 valence electrons. The lowest BCUT2D eigenvalue weighted by molar-refractivity contribution is -2.00. The number of fused-ring (bicyclic) bond motifs is 2. The van der Waals surface area contributed by atoms with Crippen molar-refractivity contribution in [3.05, 3.63) is 101 Å². The van der Waals surface area contributed by atoms with E-state index in [9.17, 15) is 0 Å². The molecule has 0 fully saturated rings. The summed E-state index contributed by atoms with van der Waals surface area (Å²) in [5.41, 5.74) is 5.74. The Morgan fingerprint density at radius 1 is 0.808 bits per heavy atom. The van der Waals surface area contributed by atoms with E-state index >= 15 is 0 Å². The van der Waals surface area contributed by atoms with Gasteiger partial charge < -0.3 is 0 Å². The molecule has 0 N–H and O–H groups in total. The molecule has 0 radical (unpaired) electrons. The van der Waals surface area contributed by atoms with Gasteiger partial charge in [-0.15, -0.1) is 10.2 Å². The molecule has 1 unspecified atom stereocenters. The fourth-order valence-electron chi connectivity index (χ4n) is 3.38. The van der Waals surface area contributed by atoms with Crippen LogP contribution in [0.25, 0.3) is 0 Å². The summed E-state index contributed by atoms with van der Waals surface area (Å²) in [6.45, 7) is 0.984. The first-order valence-corrected chi connectivity index (χ1v) is 9.37. The van der Waals surface area contributed by atoms with Gasteiger partial charge in [0, 0.05) is 17.7 Å². The molecule has 2 heterocycles. The van der Waals surface area contributed by atoms with Crippen molar-refractivity contribution in [2.24, 2.45) is 0 Å². The van der Waals surface area contributed by atoms with Crippen molar-refractivity contribution in [3.63, 3.8) is 0 Å². The number of halogens is 1. The highest BCUT2D eigenvalue weighted by molar-refractivity contribution is 5.37. The SMILES string of the molecule is [O-][Cl+3]([O-])([O-])[O-].c1ccc(CC2c3ccccc3C[n+]3ccccc32)cc1. The van der Waals surface area contributed by atoms with Crippen LogP contribution in [-0.2, 0) is 13.0 Å². The van der Waals surface area contributed by atoms with Crippen molar-refractivity contribution in [3.8, 4) is 0 Å². The summed E-state index contributed by atoms with van der Waals surface area (Å²) in [5.74, 6) is 0.443. The first kappa shape index (κ1) is 18.5. The van der Waals surface area contributed by atoms with Crippen molar-refractivity contribution >= 4 is 0 Å². The molecule has 3 aromatic rings. The van der Waals surface area contributed by atoms with E-state index in [1.165, 1.54) is 22.4 Å². The Labute approximate surface area is 154 Å². The van der Waals surface area contributed by atoms with Crippen molar-refractivity contribution < 1.29 is 33.4 Å². The van der Waals surface area contributed by atoms with E-state index in [-0.39, 0.29) is 0 Å². The van der Waals surface area contributed by atoms with Crippen LogP contribution in [-0.4, -0.2) is 0 Å². The quantitative estimate of drug-likeness (QED) is 0.537. The van der Waals surface area contributed by atoms with Gasteiger partial charge in [0.2, 0.25) is 0 Å². The zero-order chi connectivity index (χ0) is 18.6. The Morgan fingerprint density at radius 2 is 1.42 bits per heavy atom. The second-order valence-corrected chi connectivity index (χ2v) is 6.83. The molecular weight excluding hydrogens is 354 g/mol. The molecule has 4 rings (SSSR count). The lowest BCUT2D eigenvalue weighted by Gasteiger charge is -2.23. The molecule has 0 bridgehead atoms. The molecule has 0 spiro atoms. The van der Waals surface area contributed by atoms with E-state index in [0.29, 0.717) is 5.92 Å². The molecule has 0 amide bonds. The molecule has 26 heavy (non-hydrogen) atoms. The Hall–Kier alpha value is -2.28. The molecule has 1 aliphatic rings. The Kier molecular flexibility index (Phi) is 5.66. The molecule has 5 nitrogen and oxygen atoms in total. The van der Waals surface area contributed by atoms with Gasteiger partial charge in [-0.25, -0.2) is 18.6 Å². The normalized spacial score (nSPS) is 15.3. The van der Waals surface area contributed by atoms with Crippen molar-refractivity contribution in [1.29, 1.82) is 0 Å². The van der Waals surface area contributed by atoms with E-state index in [2.05, 4.69) is 83.6 Å². The number of hydrogen-bond donors (Lipinski definition) is 0. The lowest BCUT2D eigenvalue weighted by atomic mass is 9.83. The zero-order valence-corrected chi connectivity index (χ0v) is 14.7. The first-order chi connectivity index (χ1) is 12.4. The molecule has 0 saturated heterocycles. The molecule has 0 saturated carbocycles. The summed E-state index contributed by atoms with van der Waals surface area (Å²) in [6.07, 6.45) is 3.26. The minimum absolute atomic E-state index is 0.443. The van der Waals surface area contributed by atoms with Crippen LogP contribution in [0.2, 0.25) is 0 Å². The highest BCUT2D eigenvalue weighted by Crippen LogP contribution is 2.32. The topological polar surface area (TPSA) is 96.1 Å². The van der Waals surface area contributed by atoms with Gasteiger partial charge in [-0.1, -0.05) is 60.7 Å². The highest BCUT2D eigenvalue weighted by Gasteiger charge is 2.30. The predicted octanol–water partition coefficient (Wildman–Crippen LogP) is -1.05. The summed E-state index contributed by atoms with van der Waals surface area (Å²) in [4.78, 5) is 0. The van der Waals surface area contributed by atoms with Gasteiger partial charge in [0.25, 0.3) is 0 Å². The van der Waals surface area contributed by atoms with Crippen LogP contribution in [0.4, 0.5) is 0 Å². The van der Waals surface area contributed by atoms with E-state index in [1.807, 2.05) is 0 Å². The Balaban J connectivity index is 0.000000349. The summed E-state index contributed by atoms with van der Waals surface area (Å²) >= 11 is 0. The fraction of sp³-hybridized carbons (Fsp3) is 0.150.